The monoisotopic (exact) mass is 346 g/mol. The Balaban J connectivity index is 2.03. The van der Waals surface area contributed by atoms with E-state index in [0.29, 0.717) is 32.8 Å². The Hall–Kier alpha value is -2.30. The molecule has 2 amide bonds. The minimum Gasteiger partial charge on any atom is -0.494 e. The van der Waals surface area contributed by atoms with Crippen LogP contribution in [0.2, 0.25) is 0 Å². The molecule has 1 aliphatic heterocycles. The Morgan fingerprint density at radius 3 is 2.72 bits per heavy atom. The topological polar surface area (TPSA) is 77.8 Å². The Bertz CT molecular complexity index is 599. The average molecular weight is 346 g/mol. The Morgan fingerprint density at radius 1 is 1.40 bits per heavy atom. The van der Waals surface area contributed by atoms with Gasteiger partial charge in [0.05, 0.1) is 31.9 Å². The standard InChI is InChI=1S/C18H26N4O3/c1-4-25-16-7-5-14(6-8-16)17(13-24-3)20-18(23)22-10-9-21(2)15(11-19)12-22/h5-8,15,17H,4,9-10,12-13H2,1-3H3,(H,20,23)/t15-,17+/m0/s1. The molecule has 1 fully saturated rings. The van der Waals surface area contributed by atoms with E-state index in [9.17, 15) is 10.1 Å². The van der Waals surface area contributed by atoms with E-state index in [0.717, 1.165) is 11.3 Å². The predicted octanol–water partition coefficient (Wildman–Crippen LogP) is 1.62. The molecule has 7 nitrogen and oxygen atoms in total. The third-order valence-electron chi connectivity index (χ3n) is 4.31. The van der Waals surface area contributed by atoms with Gasteiger partial charge in [-0.2, -0.15) is 5.26 Å². The maximum atomic E-state index is 12.6. The maximum absolute atomic E-state index is 12.6. The van der Waals surface area contributed by atoms with E-state index in [1.165, 1.54) is 0 Å². The van der Waals surface area contributed by atoms with Gasteiger partial charge >= 0.3 is 6.03 Å². The quantitative estimate of drug-likeness (QED) is 0.847. The molecule has 0 aromatic heterocycles. The van der Waals surface area contributed by atoms with Gasteiger partial charge in [0, 0.05) is 20.2 Å². The molecular formula is C18H26N4O3. The number of ether oxygens (including phenoxy) is 2. The summed E-state index contributed by atoms with van der Waals surface area (Å²) in [5.41, 5.74) is 0.949. The SMILES string of the molecule is CCOc1ccc([C@@H](COC)NC(=O)N2CCN(C)[C@@H](C#N)C2)cc1. The van der Waals surface area contributed by atoms with Crippen LogP contribution in [0.15, 0.2) is 24.3 Å². The number of hydrogen-bond donors (Lipinski definition) is 1. The van der Waals surface area contributed by atoms with Crippen molar-refractivity contribution in [2.45, 2.75) is 19.0 Å². The number of carbonyl (C=O) groups excluding carboxylic acids is 1. The zero-order valence-electron chi connectivity index (χ0n) is 15.1. The largest absolute Gasteiger partial charge is 0.494 e. The lowest BCUT2D eigenvalue weighted by Gasteiger charge is -2.36. The van der Waals surface area contributed by atoms with Gasteiger partial charge < -0.3 is 19.7 Å². The molecule has 1 heterocycles. The van der Waals surface area contributed by atoms with E-state index in [4.69, 9.17) is 9.47 Å². The van der Waals surface area contributed by atoms with Crippen molar-refractivity contribution in [2.24, 2.45) is 0 Å². The molecule has 2 atom stereocenters. The summed E-state index contributed by atoms with van der Waals surface area (Å²) >= 11 is 0. The highest BCUT2D eigenvalue weighted by molar-refractivity contribution is 5.75. The first-order valence-corrected chi connectivity index (χ1v) is 8.46. The number of likely N-dealkylation sites (N-methyl/N-ethyl adjacent to an activating group) is 1. The first-order valence-electron chi connectivity index (χ1n) is 8.46. The van der Waals surface area contributed by atoms with Crippen molar-refractivity contribution >= 4 is 6.03 Å². The molecule has 1 N–H and O–H groups in total. The lowest BCUT2D eigenvalue weighted by Crippen LogP contribution is -2.55. The summed E-state index contributed by atoms with van der Waals surface area (Å²) in [7, 11) is 3.51. The number of urea groups is 1. The molecule has 0 aliphatic carbocycles. The smallest absolute Gasteiger partial charge is 0.318 e. The number of nitriles is 1. The maximum Gasteiger partial charge on any atom is 0.318 e. The van der Waals surface area contributed by atoms with Crippen molar-refractivity contribution < 1.29 is 14.3 Å². The summed E-state index contributed by atoms with van der Waals surface area (Å²) in [6, 6.07) is 9.15. The normalized spacial score (nSPS) is 19.1. The molecule has 1 aliphatic rings. The number of hydrogen-bond acceptors (Lipinski definition) is 5. The van der Waals surface area contributed by atoms with Crippen molar-refractivity contribution in [2.75, 3.05) is 47.0 Å². The second kappa shape index (κ2) is 9.25. The van der Waals surface area contributed by atoms with Crippen LogP contribution in [-0.4, -0.2) is 68.9 Å². The van der Waals surface area contributed by atoms with E-state index >= 15 is 0 Å². The third-order valence-corrected chi connectivity index (χ3v) is 4.31. The van der Waals surface area contributed by atoms with Crippen LogP contribution < -0.4 is 10.1 Å². The molecule has 25 heavy (non-hydrogen) atoms. The highest BCUT2D eigenvalue weighted by atomic mass is 16.5. The molecule has 0 bridgehead atoms. The Kier molecular flexibility index (Phi) is 7.04. The molecule has 0 radical (unpaired) electrons. The van der Waals surface area contributed by atoms with Crippen LogP contribution in [0.25, 0.3) is 0 Å². The van der Waals surface area contributed by atoms with Gasteiger partial charge in [0.1, 0.15) is 11.8 Å². The number of nitrogens with one attached hydrogen (secondary N) is 1. The molecular weight excluding hydrogens is 320 g/mol. The number of amides is 2. The summed E-state index contributed by atoms with van der Waals surface area (Å²) in [6.45, 7) is 4.61. The number of methoxy groups -OCH3 is 1. The van der Waals surface area contributed by atoms with Crippen LogP contribution in [0.4, 0.5) is 4.79 Å². The second-order valence-corrected chi connectivity index (χ2v) is 6.03. The lowest BCUT2D eigenvalue weighted by molar-refractivity contribution is 0.121. The fraction of sp³-hybridized carbons (Fsp3) is 0.556. The van der Waals surface area contributed by atoms with Crippen molar-refractivity contribution in [1.82, 2.24) is 15.1 Å². The summed E-state index contributed by atoms with van der Waals surface area (Å²) in [5, 5.41) is 12.2. The average Bonchev–Trinajstić information content (AvgIpc) is 2.62. The van der Waals surface area contributed by atoms with Crippen LogP contribution >= 0.6 is 0 Å². The predicted molar refractivity (Wildman–Crippen MR) is 94.4 cm³/mol. The van der Waals surface area contributed by atoms with Crippen molar-refractivity contribution in [3.63, 3.8) is 0 Å². The number of piperazine rings is 1. The molecule has 1 aromatic carbocycles. The zero-order valence-corrected chi connectivity index (χ0v) is 15.1. The molecule has 136 valence electrons. The van der Waals surface area contributed by atoms with Crippen LogP contribution in [-0.2, 0) is 4.74 Å². The summed E-state index contributed by atoms with van der Waals surface area (Å²) < 4.78 is 10.7. The second-order valence-electron chi connectivity index (χ2n) is 6.03. The summed E-state index contributed by atoms with van der Waals surface area (Å²) in [5.74, 6) is 0.796. The van der Waals surface area contributed by atoms with Crippen LogP contribution in [0.1, 0.15) is 18.5 Å². The van der Waals surface area contributed by atoms with Gasteiger partial charge in [0.15, 0.2) is 0 Å². The first kappa shape index (κ1) is 19.0. The Morgan fingerprint density at radius 2 is 2.12 bits per heavy atom. The number of rotatable bonds is 6. The van der Waals surface area contributed by atoms with E-state index in [-0.39, 0.29) is 18.1 Å². The number of nitrogens with zero attached hydrogens (tertiary/aromatic N) is 3. The fourth-order valence-electron chi connectivity index (χ4n) is 2.79. The van der Waals surface area contributed by atoms with Gasteiger partial charge in [-0.25, -0.2) is 4.79 Å². The van der Waals surface area contributed by atoms with Gasteiger partial charge in [-0.3, -0.25) is 4.90 Å². The molecule has 1 saturated heterocycles. The fourth-order valence-corrected chi connectivity index (χ4v) is 2.79. The number of benzene rings is 1. The molecule has 0 spiro atoms. The van der Waals surface area contributed by atoms with Gasteiger partial charge in [-0.1, -0.05) is 12.1 Å². The van der Waals surface area contributed by atoms with Crippen molar-refractivity contribution in [1.29, 1.82) is 5.26 Å². The molecule has 2 rings (SSSR count). The molecule has 1 aromatic rings. The van der Waals surface area contributed by atoms with Crippen molar-refractivity contribution in [3.8, 4) is 11.8 Å². The van der Waals surface area contributed by atoms with Gasteiger partial charge in [-0.15, -0.1) is 0 Å². The van der Waals surface area contributed by atoms with Crippen LogP contribution in [0.3, 0.4) is 0 Å². The minimum absolute atomic E-state index is 0.177. The van der Waals surface area contributed by atoms with E-state index in [1.807, 2.05) is 43.1 Å². The molecule has 0 unspecified atom stereocenters. The molecule has 0 saturated carbocycles. The minimum atomic E-state index is -0.272. The number of carbonyl (C=O) groups is 1. The highest BCUT2D eigenvalue weighted by Crippen LogP contribution is 2.19. The van der Waals surface area contributed by atoms with Gasteiger partial charge in [0.25, 0.3) is 0 Å². The van der Waals surface area contributed by atoms with Crippen molar-refractivity contribution in [3.05, 3.63) is 29.8 Å². The lowest BCUT2D eigenvalue weighted by atomic mass is 10.1. The summed E-state index contributed by atoms with van der Waals surface area (Å²) in [4.78, 5) is 16.2. The van der Waals surface area contributed by atoms with E-state index in [1.54, 1.807) is 12.0 Å². The van der Waals surface area contributed by atoms with Gasteiger partial charge in [0.2, 0.25) is 0 Å². The third kappa shape index (κ3) is 5.08. The first-order chi connectivity index (χ1) is 12.1. The van der Waals surface area contributed by atoms with Gasteiger partial charge in [-0.05, 0) is 31.7 Å². The highest BCUT2D eigenvalue weighted by Gasteiger charge is 2.28. The molecule has 7 heteroatoms. The Labute approximate surface area is 149 Å². The van der Waals surface area contributed by atoms with E-state index in [2.05, 4.69) is 11.4 Å². The summed E-state index contributed by atoms with van der Waals surface area (Å²) in [6.07, 6.45) is 0. The van der Waals surface area contributed by atoms with Crippen LogP contribution in [0, 0.1) is 11.3 Å². The van der Waals surface area contributed by atoms with Crippen LogP contribution in [0.5, 0.6) is 5.75 Å². The van der Waals surface area contributed by atoms with E-state index < -0.39 is 0 Å². The zero-order chi connectivity index (χ0) is 18.2.